The molecule has 0 saturated heterocycles. The molecule has 0 unspecified atom stereocenters. The molecule has 0 nitrogen and oxygen atoms in total. The van der Waals surface area contributed by atoms with Crippen molar-refractivity contribution in [3.05, 3.63) is 85.6 Å². The van der Waals surface area contributed by atoms with Gasteiger partial charge < -0.3 is 0 Å². The summed E-state index contributed by atoms with van der Waals surface area (Å²) in [7, 11) is 0. The maximum atomic E-state index is 3.72. The summed E-state index contributed by atoms with van der Waals surface area (Å²) in [6.07, 6.45) is 0. The molecule has 0 aromatic heterocycles. The van der Waals surface area contributed by atoms with Gasteiger partial charge in [-0.2, -0.15) is 49.2 Å². The Morgan fingerprint density at radius 3 is 0.938 bits per heavy atom. The normalized spacial score (nSPS) is 7.50. The maximum Gasteiger partial charge on any atom is 2.00 e. The average Bonchev–Trinajstić information content (AvgIpc) is 2.21. The van der Waals surface area contributed by atoms with Crippen LogP contribution in [0.2, 0.25) is 0 Å². The Bertz CT molecular complexity index is 308. The molecule has 2 rings (SSSR count). The molecule has 0 heterocycles. The fourth-order valence-electron chi connectivity index (χ4n) is 0.956. The molecular formula is C14H18SiZr. The third-order valence-electron chi connectivity index (χ3n) is 1.69. The van der Waals surface area contributed by atoms with Crippen molar-refractivity contribution in [3.63, 3.8) is 0 Å². The summed E-state index contributed by atoms with van der Waals surface area (Å²) in [5.74, 6) is 0. The first kappa shape index (κ1) is 17.7. The van der Waals surface area contributed by atoms with E-state index in [1.54, 1.807) is 0 Å². The van der Waals surface area contributed by atoms with Gasteiger partial charge in [-0.1, -0.05) is 12.1 Å². The second-order valence-electron chi connectivity index (χ2n) is 2.97. The van der Waals surface area contributed by atoms with E-state index in [0.29, 0.717) is 0 Å². The van der Waals surface area contributed by atoms with Gasteiger partial charge in [0.1, 0.15) is 0 Å². The molecule has 0 spiro atoms. The SMILES string of the molecule is [CH2-]c1ccccc1.[CH2-]c1ccccc1.[SiH4].[Zr+2]. The van der Waals surface area contributed by atoms with Crippen molar-refractivity contribution in [1.82, 2.24) is 0 Å². The molecule has 82 valence electrons. The van der Waals surface area contributed by atoms with Crippen molar-refractivity contribution in [3.8, 4) is 0 Å². The van der Waals surface area contributed by atoms with Crippen molar-refractivity contribution in [2.45, 2.75) is 0 Å². The Labute approximate surface area is 122 Å². The summed E-state index contributed by atoms with van der Waals surface area (Å²) in [6.45, 7) is 7.44. The minimum absolute atomic E-state index is 0. The van der Waals surface area contributed by atoms with Gasteiger partial charge in [-0.05, 0) is 11.0 Å². The number of hydrogen-bond acceptors (Lipinski definition) is 0. The van der Waals surface area contributed by atoms with Gasteiger partial charge in [0.2, 0.25) is 0 Å². The van der Waals surface area contributed by atoms with Crippen LogP contribution in [0.5, 0.6) is 0 Å². The summed E-state index contributed by atoms with van der Waals surface area (Å²) in [5.41, 5.74) is 2.14. The molecule has 0 amide bonds. The molecule has 0 aliphatic heterocycles. The Balaban J connectivity index is 0. The standard InChI is InChI=1S/2C7H7.H4Si.Zr/c2*1-7-5-3-2-4-6-7;;/h2*2-6H,1H2;1H4;/q2*-1;;+2. The molecule has 2 aromatic carbocycles. The van der Waals surface area contributed by atoms with E-state index in [1.807, 2.05) is 60.7 Å². The summed E-state index contributed by atoms with van der Waals surface area (Å²) >= 11 is 0. The zero-order chi connectivity index (χ0) is 10.2. The van der Waals surface area contributed by atoms with Gasteiger partial charge in [-0.15, -0.1) is 24.3 Å². The van der Waals surface area contributed by atoms with Crippen LogP contribution in [0.1, 0.15) is 11.1 Å². The Kier molecular flexibility index (Phi) is 11.9. The summed E-state index contributed by atoms with van der Waals surface area (Å²) in [4.78, 5) is 0. The molecule has 0 aliphatic carbocycles. The molecule has 0 aliphatic rings. The quantitative estimate of drug-likeness (QED) is 0.517. The van der Waals surface area contributed by atoms with E-state index in [2.05, 4.69) is 13.8 Å². The van der Waals surface area contributed by atoms with Gasteiger partial charge in [-0.25, -0.2) is 0 Å². The second-order valence-corrected chi connectivity index (χ2v) is 2.97. The van der Waals surface area contributed by atoms with Crippen LogP contribution in [0.4, 0.5) is 0 Å². The Hall–Kier alpha value is -0.720. The molecule has 16 heavy (non-hydrogen) atoms. The molecule has 2 heteroatoms. The molecule has 0 fully saturated rings. The van der Waals surface area contributed by atoms with Crippen molar-refractivity contribution < 1.29 is 26.2 Å². The predicted molar refractivity (Wildman–Crippen MR) is 73.1 cm³/mol. The third kappa shape index (κ3) is 8.58. The third-order valence-corrected chi connectivity index (χ3v) is 1.69. The van der Waals surface area contributed by atoms with Gasteiger partial charge in [-0.3, -0.25) is 0 Å². The molecular weight excluding hydrogens is 287 g/mol. The summed E-state index contributed by atoms with van der Waals surface area (Å²) in [5, 5.41) is 0. The van der Waals surface area contributed by atoms with Gasteiger partial charge in [0, 0.05) is 0 Å². The van der Waals surface area contributed by atoms with Crippen LogP contribution in [0.25, 0.3) is 0 Å². The van der Waals surface area contributed by atoms with E-state index in [0.717, 1.165) is 11.1 Å². The zero-order valence-electron chi connectivity index (χ0n) is 8.69. The largest absolute Gasteiger partial charge is 2.00 e. The van der Waals surface area contributed by atoms with Gasteiger partial charge in [0.05, 0.1) is 0 Å². The Morgan fingerprint density at radius 2 is 0.812 bits per heavy atom. The van der Waals surface area contributed by atoms with E-state index in [4.69, 9.17) is 0 Å². The van der Waals surface area contributed by atoms with Crippen molar-refractivity contribution >= 4 is 11.0 Å². The first-order valence-electron chi connectivity index (χ1n) is 4.53. The van der Waals surface area contributed by atoms with Crippen LogP contribution < -0.4 is 0 Å². The van der Waals surface area contributed by atoms with Gasteiger partial charge in [0.25, 0.3) is 0 Å². The van der Waals surface area contributed by atoms with Crippen LogP contribution in [-0.4, -0.2) is 11.0 Å². The van der Waals surface area contributed by atoms with E-state index >= 15 is 0 Å². The number of rotatable bonds is 0. The monoisotopic (exact) mass is 304 g/mol. The van der Waals surface area contributed by atoms with E-state index < -0.39 is 0 Å². The molecule has 0 N–H and O–H groups in total. The van der Waals surface area contributed by atoms with Gasteiger partial charge >= 0.3 is 26.2 Å². The van der Waals surface area contributed by atoms with Crippen LogP contribution in [0.15, 0.2) is 60.7 Å². The second kappa shape index (κ2) is 10.8. The number of benzene rings is 2. The molecule has 0 bridgehead atoms. The first-order valence-corrected chi connectivity index (χ1v) is 4.53. The minimum Gasteiger partial charge on any atom is -0.199 e. The van der Waals surface area contributed by atoms with Crippen LogP contribution in [0, 0.1) is 13.8 Å². The molecule has 0 atom stereocenters. The van der Waals surface area contributed by atoms with Crippen LogP contribution in [-0.2, 0) is 26.2 Å². The maximum absolute atomic E-state index is 3.72. The van der Waals surface area contributed by atoms with Gasteiger partial charge in [0.15, 0.2) is 0 Å². The fourth-order valence-corrected chi connectivity index (χ4v) is 0.956. The summed E-state index contributed by atoms with van der Waals surface area (Å²) in [6, 6.07) is 19.7. The van der Waals surface area contributed by atoms with Crippen molar-refractivity contribution in [1.29, 1.82) is 0 Å². The van der Waals surface area contributed by atoms with E-state index in [1.165, 1.54) is 0 Å². The van der Waals surface area contributed by atoms with E-state index in [9.17, 15) is 0 Å². The average molecular weight is 306 g/mol. The topological polar surface area (TPSA) is 0 Å². The molecule has 0 saturated carbocycles. The van der Waals surface area contributed by atoms with E-state index in [-0.39, 0.29) is 37.2 Å². The molecule has 2 aromatic rings. The fraction of sp³-hybridized carbons (Fsp3) is 0. The van der Waals surface area contributed by atoms with Crippen LogP contribution in [0.3, 0.4) is 0 Å². The minimum atomic E-state index is 0. The van der Waals surface area contributed by atoms with Crippen LogP contribution >= 0.6 is 0 Å². The smallest absolute Gasteiger partial charge is 0.199 e. The Morgan fingerprint density at radius 1 is 0.562 bits per heavy atom. The summed E-state index contributed by atoms with van der Waals surface area (Å²) < 4.78 is 0. The van der Waals surface area contributed by atoms with Crippen molar-refractivity contribution in [2.75, 3.05) is 0 Å². The molecule has 0 radical (unpaired) electrons. The first-order chi connectivity index (χ1) is 6.79. The predicted octanol–water partition coefficient (Wildman–Crippen LogP) is 2.28. The zero-order valence-corrected chi connectivity index (χ0v) is 11.1. The number of hydrogen-bond donors (Lipinski definition) is 0. The van der Waals surface area contributed by atoms with Crippen molar-refractivity contribution in [2.24, 2.45) is 0 Å².